The van der Waals surface area contributed by atoms with E-state index in [0.29, 0.717) is 6.04 Å². The van der Waals surface area contributed by atoms with Gasteiger partial charge in [-0.05, 0) is 58.6 Å². The van der Waals surface area contributed by atoms with Crippen molar-refractivity contribution < 1.29 is 9.47 Å². The van der Waals surface area contributed by atoms with Crippen molar-refractivity contribution in [3.63, 3.8) is 0 Å². The van der Waals surface area contributed by atoms with E-state index in [0.717, 1.165) is 47.1 Å². The zero-order chi connectivity index (χ0) is 19.6. The van der Waals surface area contributed by atoms with Gasteiger partial charge in [0, 0.05) is 29.4 Å². The second kappa shape index (κ2) is 8.01. The standard InChI is InChI=1S/C22H29N3O2/c1-15-10-11-16(2)25(15)22-9-7-8-19(23-22)18-13-20(26-5)17(14-24(3)4)12-21(18)27-6/h7-10,12-13,16H,11,14H2,1-6H3. The number of benzene rings is 1. The molecule has 1 aliphatic rings. The molecule has 2 aromatic rings. The second-order valence-electron chi connectivity index (χ2n) is 7.28. The first kappa shape index (κ1) is 19.2. The molecule has 1 aliphatic heterocycles. The lowest BCUT2D eigenvalue weighted by molar-refractivity contribution is 0.367. The minimum atomic E-state index is 0.423. The summed E-state index contributed by atoms with van der Waals surface area (Å²) in [5.74, 6) is 2.61. The summed E-state index contributed by atoms with van der Waals surface area (Å²) < 4.78 is 11.3. The second-order valence-corrected chi connectivity index (χ2v) is 7.28. The summed E-state index contributed by atoms with van der Waals surface area (Å²) in [4.78, 5) is 9.34. The highest BCUT2D eigenvalue weighted by atomic mass is 16.5. The van der Waals surface area contributed by atoms with Gasteiger partial charge < -0.3 is 19.3 Å². The average Bonchev–Trinajstić information content (AvgIpc) is 2.99. The molecule has 1 aromatic carbocycles. The van der Waals surface area contributed by atoms with Crippen LogP contribution in [0.4, 0.5) is 5.82 Å². The number of nitrogens with zero attached hydrogens (tertiary/aromatic N) is 3. The summed E-state index contributed by atoms with van der Waals surface area (Å²) in [5.41, 5.74) is 4.15. The van der Waals surface area contributed by atoms with E-state index in [4.69, 9.17) is 14.5 Å². The first-order valence-electron chi connectivity index (χ1n) is 9.27. The highest BCUT2D eigenvalue weighted by Crippen LogP contribution is 2.37. The molecule has 0 bridgehead atoms. The summed E-state index contributed by atoms with van der Waals surface area (Å²) in [7, 11) is 7.48. The monoisotopic (exact) mass is 367 g/mol. The van der Waals surface area contributed by atoms with Crippen LogP contribution in [0, 0.1) is 0 Å². The van der Waals surface area contributed by atoms with Gasteiger partial charge in [0.2, 0.25) is 0 Å². The summed E-state index contributed by atoms with van der Waals surface area (Å²) in [5, 5.41) is 0. The highest BCUT2D eigenvalue weighted by molar-refractivity contribution is 5.72. The van der Waals surface area contributed by atoms with Crippen LogP contribution in [0.1, 0.15) is 25.8 Å². The molecule has 1 aromatic heterocycles. The van der Waals surface area contributed by atoms with Gasteiger partial charge in [-0.1, -0.05) is 12.1 Å². The normalized spacial score (nSPS) is 16.6. The Morgan fingerprint density at radius 2 is 1.89 bits per heavy atom. The van der Waals surface area contributed by atoms with Gasteiger partial charge in [-0.15, -0.1) is 0 Å². The molecule has 0 aliphatic carbocycles. The third-order valence-corrected chi connectivity index (χ3v) is 4.92. The fourth-order valence-electron chi connectivity index (χ4n) is 3.63. The number of methoxy groups -OCH3 is 2. The van der Waals surface area contributed by atoms with Crippen LogP contribution in [-0.4, -0.2) is 44.2 Å². The van der Waals surface area contributed by atoms with E-state index in [1.54, 1.807) is 14.2 Å². The number of hydrogen-bond acceptors (Lipinski definition) is 5. The molecule has 0 amide bonds. The van der Waals surface area contributed by atoms with Crippen LogP contribution < -0.4 is 14.4 Å². The predicted octanol–water partition coefficient (Wildman–Crippen LogP) is 4.33. The van der Waals surface area contributed by atoms with Gasteiger partial charge in [-0.2, -0.15) is 0 Å². The minimum Gasteiger partial charge on any atom is -0.496 e. The third kappa shape index (κ3) is 3.93. The highest BCUT2D eigenvalue weighted by Gasteiger charge is 2.23. The van der Waals surface area contributed by atoms with Gasteiger partial charge >= 0.3 is 0 Å². The lowest BCUT2D eigenvalue weighted by Gasteiger charge is -2.25. The van der Waals surface area contributed by atoms with E-state index in [2.05, 4.69) is 41.9 Å². The average molecular weight is 367 g/mol. The first-order valence-corrected chi connectivity index (χ1v) is 9.27. The molecule has 1 atom stereocenters. The van der Waals surface area contributed by atoms with Crippen molar-refractivity contribution in [3.8, 4) is 22.8 Å². The Hall–Kier alpha value is -2.53. The molecule has 0 N–H and O–H groups in total. The van der Waals surface area contributed by atoms with Crippen LogP contribution in [0.2, 0.25) is 0 Å². The zero-order valence-electron chi connectivity index (χ0n) is 17.1. The lowest BCUT2D eigenvalue weighted by atomic mass is 10.0. The van der Waals surface area contributed by atoms with Crippen molar-refractivity contribution in [2.45, 2.75) is 32.9 Å². The molecular formula is C22H29N3O2. The summed E-state index contributed by atoms with van der Waals surface area (Å²) >= 11 is 0. The molecule has 3 rings (SSSR count). The third-order valence-electron chi connectivity index (χ3n) is 4.92. The smallest absolute Gasteiger partial charge is 0.133 e. The molecule has 0 radical (unpaired) electrons. The molecule has 0 fully saturated rings. The number of rotatable bonds is 6. The maximum atomic E-state index is 5.69. The SMILES string of the molecule is COc1cc(-c2cccc(N3C(C)=CCC3C)n2)c(OC)cc1CN(C)C. The number of pyridine rings is 1. The number of anilines is 1. The van der Waals surface area contributed by atoms with E-state index in [9.17, 15) is 0 Å². The van der Waals surface area contributed by atoms with Gasteiger partial charge in [-0.25, -0.2) is 4.98 Å². The van der Waals surface area contributed by atoms with Crippen LogP contribution in [0.25, 0.3) is 11.3 Å². The maximum absolute atomic E-state index is 5.69. The maximum Gasteiger partial charge on any atom is 0.133 e. The molecule has 2 heterocycles. The Labute approximate surface area is 162 Å². The molecule has 144 valence electrons. The molecule has 27 heavy (non-hydrogen) atoms. The predicted molar refractivity (Wildman–Crippen MR) is 110 cm³/mol. The number of aromatic nitrogens is 1. The van der Waals surface area contributed by atoms with Crippen molar-refractivity contribution >= 4 is 5.82 Å². The quantitative estimate of drug-likeness (QED) is 0.760. The van der Waals surface area contributed by atoms with Crippen molar-refractivity contribution in [1.82, 2.24) is 9.88 Å². The van der Waals surface area contributed by atoms with Crippen molar-refractivity contribution in [2.24, 2.45) is 0 Å². The zero-order valence-corrected chi connectivity index (χ0v) is 17.1. The molecule has 5 heteroatoms. The van der Waals surface area contributed by atoms with Gasteiger partial charge in [0.15, 0.2) is 0 Å². The fourth-order valence-corrected chi connectivity index (χ4v) is 3.63. The van der Waals surface area contributed by atoms with Crippen LogP contribution >= 0.6 is 0 Å². The van der Waals surface area contributed by atoms with Crippen LogP contribution in [0.15, 0.2) is 42.1 Å². The minimum absolute atomic E-state index is 0.423. The Morgan fingerprint density at radius 1 is 1.15 bits per heavy atom. The lowest BCUT2D eigenvalue weighted by Crippen LogP contribution is -2.27. The molecule has 0 saturated carbocycles. The van der Waals surface area contributed by atoms with Crippen molar-refractivity contribution in [3.05, 3.63) is 47.7 Å². The van der Waals surface area contributed by atoms with Gasteiger partial charge in [0.25, 0.3) is 0 Å². The molecular weight excluding hydrogens is 338 g/mol. The van der Waals surface area contributed by atoms with Crippen molar-refractivity contribution in [2.75, 3.05) is 33.2 Å². The fraction of sp³-hybridized carbons (Fsp3) is 0.409. The largest absolute Gasteiger partial charge is 0.496 e. The van der Waals surface area contributed by atoms with E-state index in [1.807, 2.05) is 32.3 Å². The van der Waals surface area contributed by atoms with E-state index in [-0.39, 0.29) is 0 Å². The molecule has 1 unspecified atom stereocenters. The van der Waals surface area contributed by atoms with Crippen LogP contribution in [0.5, 0.6) is 11.5 Å². The Balaban J connectivity index is 2.06. The Bertz CT molecular complexity index is 845. The Morgan fingerprint density at radius 3 is 2.48 bits per heavy atom. The van der Waals surface area contributed by atoms with Crippen LogP contribution in [0.3, 0.4) is 0 Å². The van der Waals surface area contributed by atoms with E-state index < -0.39 is 0 Å². The first-order chi connectivity index (χ1) is 12.9. The molecule has 0 saturated heterocycles. The molecule has 5 nitrogen and oxygen atoms in total. The van der Waals surface area contributed by atoms with E-state index >= 15 is 0 Å². The van der Waals surface area contributed by atoms with Gasteiger partial charge in [0.1, 0.15) is 17.3 Å². The van der Waals surface area contributed by atoms with Gasteiger partial charge in [0.05, 0.1) is 19.9 Å². The van der Waals surface area contributed by atoms with Crippen LogP contribution in [-0.2, 0) is 6.54 Å². The van der Waals surface area contributed by atoms with Crippen molar-refractivity contribution in [1.29, 1.82) is 0 Å². The van der Waals surface area contributed by atoms with Gasteiger partial charge in [-0.3, -0.25) is 0 Å². The summed E-state index contributed by atoms with van der Waals surface area (Å²) in [6.07, 6.45) is 3.31. The summed E-state index contributed by atoms with van der Waals surface area (Å²) in [6, 6.07) is 10.6. The number of allylic oxidation sites excluding steroid dienone is 1. The number of hydrogen-bond donors (Lipinski definition) is 0. The number of ether oxygens (including phenoxy) is 2. The topological polar surface area (TPSA) is 37.8 Å². The summed E-state index contributed by atoms with van der Waals surface area (Å²) in [6.45, 7) is 5.14. The molecule has 0 spiro atoms. The Kier molecular flexibility index (Phi) is 5.71. The van der Waals surface area contributed by atoms with E-state index in [1.165, 1.54) is 5.70 Å².